The van der Waals surface area contributed by atoms with E-state index in [1.54, 1.807) is 0 Å². The number of ether oxygens (including phenoxy) is 1. The summed E-state index contributed by atoms with van der Waals surface area (Å²) in [6.07, 6.45) is 0.820. The van der Waals surface area contributed by atoms with Gasteiger partial charge in [-0.25, -0.2) is 0 Å². The van der Waals surface area contributed by atoms with Crippen LogP contribution in [0.5, 0.6) is 5.75 Å². The van der Waals surface area contributed by atoms with Crippen LogP contribution in [0.3, 0.4) is 0 Å². The Morgan fingerprint density at radius 2 is 2.22 bits per heavy atom. The van der Waals surface area contributed by atoms with Gasteiger partial charge in [0.2, 0.25) is 0 Å². The summed E-state index contributed by atoms with van der Waals surface area (Å²) in [6.45, 7) is 2.88. The Hall–Kier alpha value is -1.33. The van der Waals surface area contributed by atoms with E-state index in [-0.39, 0.29) is 0 Å². The van der Waals surface area contributed by atoms with Crippen molar-refractivity contribution >= 4 is 15.9 Å². The molecule has 0 aliphatic rings. The molecule has 4 nitrogen and oxygen atoms in total. The molecule has 0 unspecified atom stereocenters. The smallest absolute Gasteiger partial charge is 0.134 e. The van der Waals surface area contributed by atoms with Crippen LogP contribution in [-0.2, 0) is 13.0 Å². The molecule has 96 valence electrons. The third-order valence-corrected chi connectivity index (χ3v) is 3.27. The Labute approximate surface area is 114 Å². The van der Waals surface area contributed by atoms with Crippen molar-refractivity contribution in [1.29, 1.82) is 0 Å². The van der Waals surface area contributed by atoms with Crippen molar-refractivity contribution in [2.24, 2.45) is 5.73 Å². The van der Waals surface area contributed by atoms with Gasteiger partial charge in [0.05, 0.1) is 0 Å². The van der Waals surface area contributed by atoms with E-state index in [1.165, 1.54) is 0 Å². The number of nitrogens with zero attached hydrogens (tertiary/aromatic N) is 1. The van der Waals surface area contributed by atoms with E-state index in [1.807, 2.05) is 31.2 Å². The van der Waals surface area contributed by atoms with Crippen LogP contribution in [0.4, 0.5) is 0 Å². The first-order valence-corrected chi connectivity index (χ1v) is 6.52. The largest absolute Gasteiger partial charge is 0.487 e. The van der Waals surface area contributed by atoms with Crippen LogP contribution in [0.25, 0.3) is 0 Å². The third-order valence-electron chi connectivity index (χ3n) is 2.49. The number of nitrogens with two attached hydrogens (primary N) is 1. The molecule has 0 saturated carbocycles. The molecule has 0 saturated heterocycles. The lowest BCUT2D eigenvalue weighted by molar-refractivity contribution is 0.287. The summed E-state index contributed by atoms with van der Waals surface area (Å²) >= 11 is 3.49. The molecule has 0 bridgehead atoms. The van der Waals surface area contributed by atoms with Gasteiger partial charge in [0.1, 0.15) is 23.8 Å². The van der Waals surface area contributed by atoms with Gasteiger partial charge in [0.15, 0.2) is 0 Å². The van der Waals surface area contributed by atoms with Gasteiger partial charge in [-0.2, -0.15) is 0 Å². The van der Waals surface area contributed by atoms with E-state index in [2.05, 4.69) is 21.1 Å². The highest BCUT2D eigenvalue weighted by Crippen LogP contribution is 2.23. The quantitative estimate of drug-likeness (QED) is 0.922. The van der Waals surface area contributed by atoms with Gasteiger partial charge in [0, 0.05) is 10.5 Å². The summed E-state index contributed by atoms with van der Waals surface area (Å²) in [5.41, 5.74) is 7.50. The standard InChI is InChI=1S/C13H15BrN2O2/c1-9-6-11(16-18-9)8-17-12-2-3-13(14)10(7-12)4-5-15/h2-3,6-7H,4-5,8,15H2,1H3. The number of benzene rings is 1. The van der Waals surface area contributed by atoms with Gasteiger partial charge in [0.25, 0.3) is 0 Å². The van der Waals surface area contributed by atoms with Gasteiger partial charge in [-0.3, -0.25) is 0 Å². The van der Waals surface area contributed by atoms with Crippen LogP contribution in [0.1, 0.15) is 17.0 Å². The summed E-state index contributed by atoms with van der Waals surface area (Å²) < 4.78 is 11.7. The molecule has 0 radical (unpaired) electrons. The molecule has 0 amide bonds. The predicted molar refractivity (Wildman–Crippen MR) is 72.5 cm³/mol. The molecule has 0 spiro atoms. The zero-order chi connectivity index (χ0) is 13.0. The Kier molecular flexibility index (Phi) is 4.38. The molecule has 1 aromatic carbocycles. The molecule has 1 heterocycles. The highest BCUT2D eigenvalue weighted by molar-refractivity contribution is 9.10. The van der Waals surface area contributed by atoms with Crippen LogP contribution >= 0.6 is 15.9 Å². The molecule has 0 aliphatic heterocycles. The lowest BCUT2D eigenvalue weighted by atomic mass is 10.1. The van der Waals surface area contributed by atoms with Gasteiger partial charge in [-0.15, -0.1) is 0 Å². The van der Waals surface area contributed by atoms with Gasteiger partial charge < -0.3 is 15.0 Å². The predicted octanol–water partition coefficient (Wildman–Crippen LogP) is 2.83. The van der Waals surface area contributed by atoms with Crippen molar-refractivity contribution in [3.8, 4) is 5.75 Å². The molecular formula is C13H15BrN2O2. The Morgan fingerprint density at radius 1 is 1.39 bits per heavy atom. The van der Waals surface area contributed by atoms with E-state index >= 15 is 0 Å². The van der Waals surface area contributed by atoms with E-state index in [0.29, 0.717) is 13.2 Å². The molecule has 18 heavy (non-hydrogen) atoms. The highest BCUT2D eigenvalue weighted by Gasteiger charge is 2.04. The fourth-order valence-corrected chi connectivity index (χ4v) is 2.08. The number of halogens is 1. The topological polar surface area (TPSA) is 61.3 Å². The van der Waals surface area contributed by atoms with E-state index < -0.39 is 0 Å². The number of rotatable bonds is 5. The maximum atomic E-state index is 5.66. The molecule has 1 aromatic heterocycles. The van der Waals surface area contributed by atoms with E-state index in [9.17, 15) is 0 Å². The van der Waals surface area contributed by atoms with Crippen molar-refractivity contribution in [1.82, 2.24) is 5.16 Å². The highest BCUT2D eigenvalue weighted by atomic mass is 79.9. The SMILES string of the molecule is Cc1cc(COc2ccc(Br)c(CCN)c2)no1. The summed E-state index contributed by atoms with van der Waals surface area (Å²) in [7, 11) is 0. The van der Waals surface area contributed by atoms with Crippen LogP contribution in [-0.4, -0.2) is 11.7 Å². The van der Waals surface area contributed by atoms with Crippen molar-refractivity contribution in [3.63, 3.8) is 0 Å². The first-order chi connectivity index (χ1) is 8.69. The van der Waals surface area contributed by atoms with E-state index in [0.717, 1.165) is 33.7 Å². The monoisotopic (exact) mass is 310 g/mol. The van der Waals surface area contributed by atoms with Crippen LogP contribution in [0.15, 0.2) is 33.3 Å². The molecule has 2 rings (SSSR count). The van der Waals surface area contributed by atoms with Crippen LogP contribution in [0, 0.1) is 6.92 Å². The van der Waals surface area contributed by atoms with E-state index in [4.69, 9.17) is 15.0 Å². The Balaban J connectivity index is 2.03. The lowest BCUT2D eigenvalue weighted by Crippen LogP contribution is -2.04. The molecule has 2 aromatic rings. The molecule has 0 fully saturated rings. The van der Waals surface area contributed by atoms with Crippen LogP contribution < -0.4 is 10.5 Å². The number of aryl methyl sites for hydroxylation is 1. The summed E-state index contributed by atoms with van der Waals surface area (Å²) in [6, 6.07) is 7.73. The van der Waals surface area contributed by atoms with Crippen molar-refractivity contribution in [2.75, 3.05) is 6.54 Å². The zero-order valence-electron chi connectivity index (χ0n) is 10.1. The average Bonchev–Trinajstić information content (AvgIpc) is 2.76. The third kappa shape index (κ3) is 3.34. The second-order valence-corrected chi connectivity index (χ2v) is 4.86. The minimum absolute atomic E-state index is 0.404. The van der Waals surface area contributed by atoms with Gasteiger partial charge >= 0.3 is 0 Å². The minimum atomic E-state index is 0.404. The normalized spacial score (nSPS) is 10.6. The second kappa shape index (κ2) is 6.02. The zero-order valence-corrected chi connectivity index (χ0v) is 11.7. The number of hydrogen-bond acceptors (Lipinski definition) is 4. The Bertz CT molecular complexity index is 525. The number of hydrogen-bond donors (Lipinski definition) is 1. The summed E-state index contributed by atoms with van der Waals surface area (Å²) in [5, 5.41) is 3.88. The van der Waals surface area contributed by atoms with Gasteiger partial charge in [-0.1, -0.05) is 21.1 Å². The van der Waals surface area contributed by atoms with Crippen molar-refractivity contribution < 1.29 is 9.26 Å². The lowest BCUT2D eigenvalue weighted by Gasteiger charge is -2.08. The molecular weight excluding hydrogens is 296 g/mol. The van der Waals surface area contributed by atoms with Crippen LogP contribution in [0.2, 0.25) is 0 Å². The minimum Gasteiger partial charge on any atom is -0.487 e. The molecule has 0 aliphatic carbocycles. The van der Waals surface area contributed by atoms with Gasteiger partial charge in [-0.05, 0) is 43.7 Å². The fourth-order valence-electron chi connectivity index (χ4n) is 1.63. The van der Waals surface area contributed by atoms with Crippen molar-refractivity contribution in [3.05, 3.63) is 45.8 Å². The summed E-state index contributed by atoms with van der Waals surface area (Å²) in [5.74, 6) is 1.59. The second-order valence-electron chi connectivity index (χ2n) is 4.01. The molecule has 2 N–H and O–H groups in total. The maximum absolute atomic E-state index is 5.66. The molecule has 0 atom stereocenters. The average molecular weight is 311 g/mol. The number of aromatic nitrogens is 1. The first-order valence-electron chi connectivity index (χ1n) is 5.72. The Morgan fingerprint density at radius 3 is 2.89 bits per heavy atom. The first kappa shape index (κ1) is 13.1. The summed E-state index contributed by atoms with van der Waals surface area (Å²) in [4.78, 5) is 0. The fraction of sp³-hybridized carbons (Fsp3) is 0.308. The molecule has 5 heteroatoms. The maximum Gasteiger partial charge on any atom is 0.134 e. The van der Waals surface area contributed by atoms with Crippen molar-refractivity contribution in [2.45, 2.75) is 20.0 Å².